The van der Waals surface area contributed by atoms with Gasteiger partial charge in [0, 0.05) is 12.7 Å². The number of aryl methyl sites for hydroxylation is 1. The number of anilines is 1. The van der Waals surface area contributed by atoms with Crippen LogP contribution in [0.4, 0.5) is 5.13 Å². The molecule has 0 spiro atoms. The van der Waals surface area contributed by atoms with Crippen LogP contribution in [0.2, 0.25) is 5.15 Å². The van der Waals surface area contributed by atoms with Crippen molar-refractivity contribution < 1.29 is 9.90 Å². The van der Waals surface area contributed by atoms with Gasteiger partial charge in [-0.05, 0) is 19.1 Å². The number of pyridine rings is 1. The number of rotatable bonds is 4. The Kier molecular flexibility index (Phi) is 4.01. The van der Waals surface area contributed by atoms with Crippen molar-refractivity contribution in [3.63, 3.8) is 0 Å². The third-order valence-electron chi connectivity index (χ3n) is 2.44. The first-order chi connectivity index (χ1) is 8.97. The Morgan fingerprint density at radius 2 is 2.21 bits per heavy atom. The van der Waals surface area contributed by atoms with Gasteiger partial charge in [0.25, 0.3) is 0 Å². The molecule has 1 N–H and O–H groups in total. The summed E-state index contributed by atoms with van der Waals surface area (Å²) in [6.45, 7) is 2.47. The first-order valence-electron chi connectivity index (χ1n) is 5.50. The molecule has 0 radical (unpaired) electrons. The molecular formula is C12H12ClN3O2S. The summed E-state index contributed by atoms with van der Waals surface area (Å²) in [5.41, 5.74) is 1.83. The van der Waals surface area contributed by atoms with E-state index in [2.05, 4.69) is 9.97 Å². The molecule has 0 fully saturated rings. The maximum atomic E-state index is 10.9. The number of hydrogen-bond donors (Lipinski definition) is 1. The number of halogens is 1. The monoisotopic (exact) mass is 297 g/mol. The Balaban J connectivity index is 2.18. The van der Waals surface area contributed by atoms with Crippen molar-refractivity contribution in [3.05, 3.63) is 39.6 Å². The van der Waals surface area contributed by atoms with E-state index in [0.717, 1.165) is 22.7 Å². The van der Waals surface area contributed by atoms with Gasteiger partial charge in [0.1, 0.15) is 0 Å². The maximum Gasteiger partial charge on any atom is 0.349 e. The third kappa shape index (κ3) is 3.21. The van der Waals surface area contributed by atoms with Gasteiger partial charge in [-0.25, -0.2) is 9.78 Å². The third-order valence-corrected chi connectivity index (χ3v) is 3.98. The lowest BCUT2D eigenvalue weighted by Gasteiger charge is -2.15. The van der Waals surface area contributed by atoms with E-state index in [4.69, 9.17) is 16.7 Å². The van der Waals surface area contributed by atoms with Gasteiger partial charge in [0.2, 0.25) is 0 Å². The second-order valence-electron chi connectivity index (χ2n) is 4.05. The summed E-state index contributed by atoms with van der Waals surface area (Å²) < 4.78 is 0. The Morgan fingerprint density at radius 3 is 2.79 bits per heavy atom. The minimum absolute atomic E-state index is 0.0246. The molecule has 2 aromatic rings. The second-order valence-corrected chi connectivity index (χ2v) is 5.38. The van der Waals surface area contributed by atoms with Crippen LogP contribution in [0.15, 0.2) is 18.2 Å². The molecule has 0 saturated heterocycles. The number of carboxylic acid groups (broad SMARTS) is 1. The smallest absolute Gasteiger partial charge is 0.349 e. The highest BCUT2D eigenvalue weighted by molar-refractivity contribution is 7.18. The lowest BCUT2D eigenvalue weighted by molar-refractivity contribution is 0.0702. The minimum Gasteiger partial charge on any atom is -0.477 e. The summed E-state index contributed by atoms with van der Waals surface area (Å²) in [7, 11) is 1.82. The first kappa shape index (κ1) is 13.8. The van der Waals surface area contributed by atoms with E-state index in [9.17, 15) is 4.79 Å². The molecule has 0 aliphatic heterocycles. The number of carbonyl (C=O) groups is 1. The van der Waals surface area contributed by atoms with Gasteiger partial charge in [0.05, 0.1) is 12.2 Å². The van der Waals surface area contributed by atoms with Crippen LogP contribution in [0.5, 0.6) is 0 Å². The van der Waals surface area contributed by atoms with E-state index >= 15 is 0 Å². The summed E-state index contributed by atoms with van der Waals surface area (Å²) in [5.74, 6) is -1.06. The molecule has 7 heteroatoms. The van der Waals surface area contributed by atoms with Gasteiger partial charge in [-0.15, -0.1) is 0 Å². The van der Waals surface area contributed by atoms with Crippen molar-refractivity contribution in [2.24, 2.45) is 0 Å². The number of carboxylic acids is 1. The van der Waals surface area contributed by atoms with Crippen LogP contribution in [0.3, 0.4) is 0 Å². The average Bonchev–Trinajstić information content (AvgIpc) is 2.71. The molecule has 0 atom stereocenters. The van der Waals surface area contributed by atoms with E-state index in [1.807, 2.05) is 37.1 Å². The maximum absolute atomic E-state index is 10.9. The summed E-state index contributed by atoms with van der Waals surface area (Å²) in [4.78, 5) is 21.2. The van der Waals surface area contributed by atoms with Crippen LogP contribution in [0.25, 0.3) is 0 Å². The summed E-state index contributed by atoms with van der Waals surface area (Å²) >= 11 is 6.84. The SMILES string of the molecule is Cc1cccc(CN(C)c2nc(Cl)c(C(=O)O)s2)n1. The molecule has 0 saturated carbocycles. The largest absolute Gasteiger partial charge is 0.477 e. The van der Waals surface area contributed by atoms with Crippen molar-refractivity contribution >= 4 is 34.0 Å². The molecule has 2 aromatic heterocycles. The molecule has 0 aliphatic carbocycles. The Labute approximate surface area is 119 Å². The van der Waals surface area contributed by atoms with Crippen molar-refractivity contribution in [1.29, 1.82) is 0 Å². The van der Waals surface area contributed by atoms with Crippen molar-refractivity contribution in [3.8, 4) is 0 Å². The van der Waals surface area contributed by atoms with Crippen LogP contribution < -0.4 is 4.90 Å². The van der Waals surface area contributed by atoms with Crippen LogP contribution in [0.1, 0.15) is 21.1 Å². The molecule has 2 heterocycles. The normalized spacial score (nSPS) is 10.5. The van der Waals surface area contributed by atoms with Crippen molar-refractivity contribution in [2.75, 3.05) is 11.9 Å². The fraction of sp³-hybridized carbons (Fsp3) is 0.250. The number of aromatic nitrogens is 2. The number of aromatic carboxylic acids is 1. The molecule has 5 nitrogen and oxygen atoms in total. The molecule has 0 unspecified atom stereocenters. The number of nitrogens with zero attached hydrogens (tertiary/aromatic N) is 3. The van der Waals surface area contributed by atoms with Gasteiger partial charge in [0.15, 0.2) is 15.2 Å². The number of hydrogen-bond acceptors (Lipinski definition) is 5. The summed E-state index contributed by atoms with van der Waals surface area (Å²) in [6.07, 6.45) is 0. The van der Waals surface area contributed by atoms with Crippen LogP contribution >= 0.6 is 22.9 Å². The van der Waals surface area contributed by atoms with E-state index in [1.165, 1.54) is 0 Å². The highest BCUT2D eigenvalue weighted by atomic mass is 35.5. The first-order valence-corrected chi connectivity index (χ1v) is 6.70. The molecule has 0 aliphatic rings. The van der Waals surface area contributed by atoms with Gasteiger partial charge < -0.3 is 10.0 Å². The highest BCUT2D eigenvalue weighted by Gasteiger charge is 2.18. The van der Waals surface area contributed by atoms with E-state index < -0.39 is 5.97 Å². The molecular weight excluding hydrogens is 286 g/mol. The van der Waals surface area contributed by atoms with Gasteiger partial charge >= 0.3 is 5.97 Å². The van der Waals surface area contributed by atoms with E-state index in [1.54, 1.807) is 0 Å². The van der Waals surface area contributed by atoms with E-state index in [-0.39, 0.29) is 10.0 Å². The quantitative estimate of drug-likeness (QED) is 0.940. The lowest BCUT2D eigenvalue weighted by atomic mass is 10.3. The lowest BCUT2D eigenvalue weighted by Crippen LogP contribution is -2.17. The van der Waals surface area contributed by atoms with Crippen LogP contribution in [-0.2, 0) is 6.54 Å². The van der Waals surface area contributed by atoms with E-state index in [0.29, 0.717) is 11.7 Å². The minimum atomic E-state index is -1.06. The summed E-state index contributed by atoms with van der Waals surface area (Å²) in [6, 6.07) is 5.77. The molecule has 100 valence electrons. The highest BCUT2D eigenvalue weighted by Crippen LogP contribution is 2.29. The molecule has 2 rings (SSSR count). The van der Waals surface area contributed by atoms with Crippen LogP contribution in [-0.4, -0.2) is 28.1 Å². The van der Waals surface area contributed by atoms with Crippen LogP contribution in [0, 0.1) is 6.92 Å². The topological polar surface area (TPSA) is 66.3 Å². The van der Waals surface area contributed by atoms with Gasteiger partial charge in [-0.3, -0.25) is 4.98 Å². The summed E-state index contributed by atoms with van der Waals surface area (Å²) in [5, 5.41) is 9.53. The molecule has 19 heavy (non-hydrogen) atoms. The zero-order valence-corrected chi connectivity index (χ0v) is 12.0. The molecule has 0 aromatic carbocycles. The van der Waals surface area contributed by atoms with Gasteiger partial charge in [-0.1, -0.05) is 29.0 Å². The van der Waals surface area contributed by atoms with Crippen molar-refractivity contribution in [2.45, 2.75) is 13.5 Å². The predicted molar refractivity (Wildman–Crippen MR) is 75.2 cm³/mol. The Morgan fingerprint density at radius 1 is 1.47 bits per heavy atom. The fourth-order valence-corrected chi connectivity index (χ4v) is 2.67. The molecule has 0 bridgehead atoms. The zero-order chi connectivity index (χ0) is 14.0. The number of thiazole rings is 1. The van der Waals surface area contributed by atoms with Crippen molar-refractivity contribution in [1.82, 2.24) is 9.97 Å². The second kappa shape index (κ2) is 5.54. The van der Waals surface area contributed by atoms with Gasteiger partial charge in [-0.2, -0.15) is 0 Å². The average molecular weight is 298 g/mol. The predicted octanol–water partition coefficient (Wildman–Crippen LogP) is 2.83. The zero-order valence-electron chi connectivity index (χ0n) is 10.4. The fourth-order valence-electron chi connectivity index (χ4n) is 1.58. The Hall–Kier alpha value is -1.66. The molecule has 0 amide bonds. The Bertz CT molecular complexity index is 615. The standard InChI is InChI=1S/C12H12ClN3O2S/c1-7-4-3-5-8(14-7)6-16(2)12-15-10(13)9(19-12)11(17)18/h3-5H,6H2,1-2H3,(H,17,18).